The molecular weight excluding hydrogens is 288 g/mol. The highest BCUT2D eigenvalue weighted by molar-refractivity contribution is 5.85. The average molecular weight is 311 g/mol. The maximum atomic E-state index is 5.26. The first-order valence-electron chi connectivity index (χ1n) is 6.79. The molecule has 0 spiro atoms. The quantitative estimate of drug-likeness (QED) is 0.850. The lowest BCUT2D eigenvalue weighted by Crippen LogP contribution is -2.15. The first kappa shape index (κ1) is 17.3. The lowest BCUT2D eigenvalue weighted by Gasteiger charge is -2.18. The average Bonchev–Trinajstić information content (AvgIpc) is 2.79. The molecule has 0 bridgehead atoms. The molecule has 0 aliphatic heterocycles. The van der Waals surface area contributed by atoms with E-state index in [0.717, 1.165) is 29.6 Å². The summed E-state index contributed by atoms with van der Waals surface area (Å²) in [5.74, 6) is 3.23. The zero-order valence-electron chi connectivity index (χ0n) is 13.2. The Bertz CT molecular complexity index is 583. The van der Waals surface area contributed by atoms with Crippen molar-refractivity contribution in [1.82, 2.24) is 14.8 Å². The minimum absolute atomic E-state index is 0. The van der Waals surface area contributed by atoms with Crippen LogP contribution in [0.2, 0.25) is 0 Å². The fraction of sp³-hybridized carbons (Fsp3) is 0.467. The Hall–Kier alpha value is -1.75. The number of halogens is 1. The monoisotopic (exact) mass is 310 g/mol. The lowest BCUT2D eigenvalue weighted by atomic mass is 10.1. The van der Waals surface area contributed by atoms with Crippen molar-refractivity contribution >= 4 is 24.0 Å². The van der Waals surface area contributed by atoms with E-state index in [2.05, 4.69) is 24.0 Å². The van der Waals surface area contributed by atoms with E-state index in [1.54, 1.807) is 7.11 Å². The standard InChI is InChI=1S/C15H22N4O.ClH/c1-11(2)9-14-16-17-15(19(14)4)18(3)12-7-6-8-13(10-12)20-5;/h6-8,10-11H,9H2,1-5H3;1H. The molecule has 1 heterocycles. The number of ether oxygens (including phenoxy) is 1. The summed E-state index contributed by atoms with van der Waals surface area (Å²) in [6.07, 6.45) is 0.926. The number of hydrogen-bond acceptors (Lipinski definition) is 4. The first-order chi connectivity index (χ1) is 9.52. The number of methoxy groups -OCH3 is 1. The molecule has 2 aromatic rings. The summed E-state index contributed by atoms with van der Waals surface area (Å²) in [5, 5.41) is 8.58. The number of nitrogens with zero attached hydrogens (tertiary/aromatic N) is 4. The van der Waals surface area contributed by atoms with Gasteiger partial charge in [0.1, 0.15) is 11.6 Å². The molecule has 1 aromatic heterocycles. The summed E-state index contributed by atoms with van der Waals surface area (Å²) < 4.78 is 7.30. The number of benzene rings is 1. The van der Waals surface area contributed by atoms with Crippen molar-refractivity contribution < 1.29 is 4.74 Å². The van der Waals surface area contributed by atoms with Gasteiger partial charge in [-0.2, -0.15) is 0 Å². The molecule has 21 heavy (non-hydrogen) atoms. The zero-order valence-corrected chi connectivity index (χ0v) is 14.0. The highest BCUT2D eigenvalue weighted by Crippen LogP contribution is 2.25. The van der Waals surface area contributed by atoms with Crippen LogP contribution in [-0.4, -0.2) is 28.9 Å². The SMILES string of the molecule is COc1cccc(N(C)c2nnc(CC(C)C)n2C)c1.Cl. The van der Waals surface area contributed by atoms with E-state index < -0.39 is 0 Å². The third-order valence-electron chi connectivity index (χ3n) is 3.27. The molecule has 1 aromatic carbocycles. The number of anilines is 2. The highest BCUT2D eigenvalue weighted by atomic mass is 35.5. The molecule has 0 atom stereocenters. The van der Waals surface area contributed by atoms with Crippen LogP contribution in [0.1, 0.15) is 19.7 Å². The molecule has 0 amide bonds. The summed E-state index contributed by atoms with van der Waals surface area (Å²) in [6.45, 7) is 4.36. The molecule has 0 aliphatic rings. The van der Waals surface area contributed by atoms with E-state index in [4.69, 9.17) is 4.74 Å². The van der Waals surface area contributed by atoms with Gasteiger partial charge in [0, 0.05) is 32.3 Å². The molecule has 0 unspecified atom stereocenters. The Kier molecular flexibility index (Phi) is 6.03. The van der Waals surface area contributed by atoms with Crippen molar-refractivity contribution in [2.75, 3.05) is 19.1 Å². The molecule has 0 fully saturated rings. The van der Waals surface area contributed by atoms with Gasteiger partial charge in [-0.05, 0) is 18.1 Å². The van der Waals surface area contributed by atoms with Crippen LogP contribution in [0.5, 0.6) is 5.75 Å². The fourth-order valence-corrected chi connectivity index (χ4v) is 2.12. The number of rotatable bonds is 5. The van der Waals surface area contributed by atoms with Crippen LogP contribution in [-0.2, 0) is 13.5 Å². The van der Waals surface area contributed by atoms with E-state index in [1.165, 1.54) is 0 Å². The van der Waals surface area contributed by atoms with Gasteiger partial charge < -0.3 is 14.2 Å². The molecule has 0 N–H and O–H groups in total. The summed E-state index contributed by atoms with van der Waals surface area (Å²) in [7, 11) is 5.66. The molecule has 2 rings (SSSR count). The fourth-order valence-electron chi connectivity index (χ4n) is 2.12. The second-order valence-electron chi connectivity index (χ2n) is 5.33. The third-order valence-corrected chi connectivity index (χ3v) is 3.27. The molecule has 0 radical (unpaired) electrons. The Morgan fingerprint density at radius 2 is 2.00 bits per heavy atom. The van der Waals surface area contributed by atoms with Gasteiger partial charge in [0.15, 0.2) is 0 Å². The van der Waals surface area contributed by atoms with Gasteiger partial charge in [-0.1, -0.05) is 19.9 Å². The van der Waals surface area contributed by atoms with Crippen molar-refractivity contribution in [3.63, 3.8) is 0 Å². The largest absolute Gasteiger partial charge is 0.497 e. The summed E-state index contributed by atoms with van der Waals surface area (Å²) in [5.41, 5.74) is 1.02. The van der Waals surface area contributed by atoms with Crippen LogP contribution in [0, 0.1) is 5.92 Å². The molecule has 5 nitrogen and oxygen atoms in total. The molecule has 0 saturated heterocycles. The molecule has 116 valence electrons. The Morgan fingerprint density at radius 1 is 1.29 bits per heavy atom. The van der Waals surface area contributed by atoms with Crippen LogP contribution >= 0.6 is 12.4 Å². The zero-order chi connectivity index (χ0) is 14.7. The first-order valence-corrected chi connectivity index (χ1v) is 6.79. The Balaban J connectivity index is 0.00000220. The van der Waals surface area contributed by atoms with Crippen LogP contribution < -0.4 is 9.64 Å². The molecule has 0 saturated carbocycles. The van der Waals surface area contributed by atoms with E-state index in [-0.39, 0.29) is 12.4 Å². The van der Waals surface area contributed by atoms with Crippen molar-refractivity contribution in [2.24, 2.45) is 13.0 Å². The maximum absolute atomic E-state index is 5.26. The topological polar surface area (TPSA) is 43.2 Å². The minimum atomic E-state index is 0. The van der Waals surface area contributed by atoms with Crippen molar-refractivity contribution in [3.8, 4) is 5.75 Å². The molecular formula is C15H23ClN4O. The van der Waals surface area contributed by atoms with E-state index in [1.807, 2.05) is 47.8 Å². The Morgan fingerprint density at radius 3 is 2.62 bits per heavy atom. The van der Waals surface area contributed by atoms with Crippen molar-refractivity contribution in [2.45, 2.75) is 20.3 Å². The van der Waals surface area contributed by atoms with Crippen LogP contribution in [0.15, 0.2) is 24.3 Å². The van der Waals surface area contributed by atoms with E-state index in [9.17, 15) is 0 Å². The molecule has 0 aliphatic carbocycles. The smallest absolute Gasteiger partial charge is 0.231 e. The van der Waals surface area contributed by atoms with Gasteiger partial charge in [-0.25, -0.2) is 0 Å². The van der Waals surface area contributed by atoms with Gasteiger partial charge in [0.25, 0.3) is 0 Å². The van der Waals surface area contributed by atoms with Gasteiger partial charge in [-0.15, -0.1) is 22.6 Å². The predicted molar refractivity (Wildman–Crippen MR) is 87.9 cm³/mol. The van der Waals surface area contributed by atoms with Gasteiger partial charge in [0.05, 0.1) is 7.11 Å². The van der Waals surface area contributed by atoms with Crippen molar-refractivity contribution in [3.05, 3.63) is 30.1 Å². The van der Waals surface area contributed by atoms with Crippen molar-refractivity contribution in [1.29, 1.82) is 0 Å². The third kappa shape index (κ3) is 3.88. The highest BCUT2D eigenvalue weighted by Gasteiger charge is 2.15. The number of aromatic nitrogens is 3. The minimum Gasteiger partial charge on any atom is -0.497 e. The van der Waals surface area contributed by atoms with Gasteiger partial charge >= 0.3 is 0 Å². The van der Waals surface area contributed by atoms with Gasteiger partial charge in [-0.3, -0.25) is 0 Å². The van der Waals surface area contributed by atoms with E-state index in [0.29, 0.717) is 5.92 Å². The predicted octanol–water partition coefficient (Wildman–Crippen LogP) is 3.21. The van der Waals surface area contributed by atoms with Crippen LogP contribution in [0.3, 0.4) is 0 Å². The Labute approximate surface area is 132 Å². The summed E-state index contributed by atoms with van der Waals surface area (Å²) in [6, 6.07) is 7.91. The summed E-state index contributed by atoms with van der Waals surface area (Å²) in [4.78, 5) is 2.01. The second-order valence-corrected chi connectivity index (χ2v) is 5.33. The van der Waals surface area contributed by atoms with E-state index >= 15 is 0 Å². The van der Waals surface area contributed by atoms with Crippen LogP contribution in [0.25, 0.3) is 0 Å². The molecule has 6 heteroatoms. The number of hydrogen-bond donors (Lipinski definition) is 0. The van der Waals surface area contributed by atoms with Crippen LogP contribution in [0.4, 0.5) is 11.6 Å². The lowest BCUT2D eigenvalue weighted by molar-refractivity contribution is 0.415. The normalized spacial score (nSPS) is 10.4. The maximum Gasteiger partial charge on any atom is 0.231 e. The van der Waals surface area contributed by atoms with Gasteiger partial charge in [0.2, 0.25) is 5.95 Å². The second kappa shape index (κ2) is 7.31. The summed E-state index contributed by atoms with van der Waals surface area (Å²) >= 11 is 0.